The molecule has 0 fully saturated rings. The van der Waals surface area contributed by atoms with Gasteiger partial charge >= 0.3 is 0 Å². The molecule has 1 N–H and O–H groups in total. The SMILES string of the molecule is CC(=O)N1c2ccc(S(=O)(=O)NCc3sc(-c4cccs4)nc3C)cc2CC1C. The molecule has 152 valence electrons. The Hall–Kier alpha value is -2.07. The lowest BCUT2D eigenvalue weighted by molar-refractivity contribution is -0.116. The van der Waals surface area contributed by atoms with Gasteiger partial charge in [-0.15, -0.1) is 22.7 Å². The Labute approximate surface area is 178 Å². The molecule has 0 saturated carbocycles. The molecule has 4 rings (SSSR count). The van der Waals surface area contributed by atoms with Gasteiger partial charge in [0.25, 0.3) is 0 Å². The Morgan fingerprint density at radius 2 is 2.14 bits per heavy atom. The molecule has 0 saturated heterocycles. The summed E-state index contributed by atoms with van der Waals surface area (Å²) in [4.78, 5) is 20.3. The fourth-order valence-electron chi connectivity index (χ4n) is 3.60. The minimum atomic E-state index is -3.67. The number of sulfonamides is 1. The highest BCUT2D eigenvalue weighted by molar-refractivity contribution is 7.89. The molecule has 0 bridgehead atoms. The molecule has 3 heterocycles. The topological polar surface area (TPSA) is 79.4 Å². The van der Waals surface area contributed by atoms with Gasteiger partial charge in [-0.3, -0.25) is 4.79 Å². The van der Waals surface area contributed by atoms with E-state index in [-0.39, 0.29) is 23.4 Å². The van der Waals surface area contributed by atoms with Crippen LogP contribution >= 0.6 is 22.7 Å². The Kier molecular flexibility index (Phi) is 5.32. The number of fused-ring (bicyclic) bond motifs is 1. The van der Waals surface area contributed by atoms with Gasteiger partial charge in [-0.2, -0.15) is 0 Å². The summed E-state index contributed by atoms with van der Waals surface area (Å²) in [5.41, 5.74) is 2.51. The molecule has 2 aromatic heterocycles. The van der Waals surface area contributed by atoms with Crippen molar-refractivity contribution in [2.45, 2.75) is 44.7 Å². The highest BCUT2D eigenvalue weighted by Gasteiger charge is 2.30. The van der Waals surface area contributed by atoms with Crippen molar-refractivity contribution in [3.8, 4) is 9.88 Å². The molecule has 1 aliphatic heterocycles. The van der Waals surface area contributed by atoms with Gasteiger partial charge in [0.15, 0.2) is 0 Å². The number of anilines is 1. The van der Waals surface area contributed by atoms with Crippen LogP contribution < -0.4 is 9.62 Å². The largest absolute Gasteiger partial charge is 0.309 e. The Morgan fingerprint density at radius 3 is 2.83 bits per heavy atom. The van der Waals surface area contributed by atoms with Gasteiger partial charge in [0.2, 0.25) is 15.9 Å². The Balaban J connectivity index is 1.53. The van der Waals surface area contributed by atoms with E-state index in [1.54, 1.807) is 34.4 Å². The van der Waals surface area contributed by atoms with Crippen LogP contribution in [0.4, 0.5) is 5.69 Å². The van der Waals surface area contributed by atoms with Gasteiger partial charge in [-0.25, -0.2) is 18.1 Å². The smallest absolute Gasteiger partial charge is 0.240 e. The summed E-state index contributed by atoms with van der Waals surface area (Å²) >= 11 is 3.12. The lowest BCUT2D eigenvalue weighted by Gasteiger charge is -2.20. The first-order chi connectivity index (χ1) is 13.8. The average Bonchev–Trinajstić information content (AvgIpc) is 3.36. The zero-order valence-electron chi connectivity index (χ0n) is 16.3. The van der Waals surface area contributed by atoms with Crippen LogP contribution in [0.5, 0.6) is 0 Å². The van der Waals surface area contributed by atoms with E-state index < -0.39 is 10.0 Å². The summed E-state index contributed by atoms with van der Waals surface area (Å²) in [6.07, 6.45) is 0.649. The first-order valence-corrected chi connectivity index (χ1v) is 12.4. The first kappa shape index (κ1) is 20.2. The molecule has 0 aliphatic carbocycles. The fraction of sp³-hybridized carbons (Fsp3) is 0.300. The Bertz CT molecular complexity index is 1170. The van der Waals surface area contributed by atoms with Crippen molar-refractivity contribution in [1.29, 1.82) is 0 Å². The van der Waals surface area contributed by atoms with E-state index in [1.807, 2.05) is 31.4 Å². The van der Waals surface area contributed by atoms with Crippen molar-refractivity contribution < 1.29 is 13.2 Å². The van der Waals surface area contributed by atoms with E-state index in [9.17, 15) is 13.2 Å². The maximum absolute atomic E-state index is 12.8. The fourth-order valence-corrected chi connectivity index (χ4v) is 6.53. The molecule has 1 unspecified atom stereocenters. The van der Waals surface area contributed by atoms with Crippen LogP contribution in [-0.4, -0.2) is 25.4 Å². The number of thiazole rings is 1. The van der Waals surface area contributed by atoms with E-state index in [4.69, 9.17) is 0 Å². The molecule has 0 radical (unpaired) electrons. The number of hydrogen-bond donors (Lipinski definition) is 1. The number of hydrogen-bond acceptors (Lipinski definition) is 6. The van der Waals surface area contributed by atoms with Crippen molar-refractivity contribution in [3.63, 3.8) is 0 Å². The number of rotatable bonds is 5. The van der Waals surface area contributed by atoms with Crippen molar-refractivity contribution in [2.24, 2.45) is 0 Å². The second-order valence-electron chi connectivity index (χ2n) is 7.06. The van der Waals surface area contributed by atoms with Crippen LogP contribution in [0.1, 0.15) is 30.0 Å². The van der Waals surface area contributed by atoms with Gasteiger partial charge < -0.3 is 4.90 Å². The number of carbonyl (C=O) groups is 1. The standard InChI is InChI=1S/C20H21N3O3S3/c1-12-9-15-10-16(6-7-17(15)23(12)14(3)24)29(25,26)21-11-19-13(2)22-20(28-19)18-5-4-8-27-18/h4-8,10,12,21H,9,11H2,1-3H3. The van der Waals surface area contributed by atoms with E-state index in [0.29, 0.717) is 6.42 Å². The van der Waals surface area contributed by atoms with Crippen LogP contribution in [0.3, 0.4) is 0 Å². The summed E-state index contributed by atoms with van der Waals surface area (Å²) in [7, 11) is -3.67. The second-order valence-corrected chi connectivity index (χ2v) is 10.9. The van der Waals surface area contributed by atoms with Gasteiger partial charge in [0.1, 0.15) is 5.01 Å². The van der Waals surface area contributed by atoms with Crippen molar-refractivity contribution in [1.82, 2.24) is 9.71 Å². The van der Waals surface area contributed by atoms with Crippen LogP contribution in [0.15, 0.2) is 40.6 Å². The minimum Gasteiger partial charge on any atom is -0.309 e. The summed E-state index contributed by atoms with van der Waals surface area (Å²) in [6, 6.07) is 8.97. The maximum atomic E-state index is 12.8. The predicted molar refractivity (Wildman–Crippen MR) is 117 cm³/mol. The van der Waals surface area contributed by atoms with E-state index >= 15 is 0 Å². The Morgan fingerprint density at radius 1 is 1.34 bits per heavy atom. The first-order valence-electron chi connectivity index (χ1n) is 9.19. The molecular weight excluding hydrogens is 426 g/mol. The van der Waals surface area contributed by atoms with Gasteiger partial charge in [-0.1, -0.05) is 6.07 Å². The van der Waals surface area contributed by atoms with E-state index in [0.717, 1.165) is 31.7 Å². The zero-order chi connectivity index (χ0) is 20.8. The number of amides is 1. The highest BCUT2D eigenvalue weighted by atomic mass is 32.2. The third kappa shape index (κ3) is 3.87. The lowest BCUT2D eigenvalue weighted by Crippen LogP contribution is -2.33. The van der Waals surface area contributed by atoms with Crippen LogP contribution in [0.25, 0.3) is 9.88 Å². The average molecular weight is 448 g/mol. The molecule has 1 amide bonds. The molecule has 1 aliphatic rings. The summed E-state index contributed by atoms with van der Waals surface area (Å²) in [5.74, 6) is -0.0350. The number of carbonyl (C=O) groups excluding carboxylic acids is 1. The molecule has 0 spiro atoms. The number of nitrogens with zero attached hydrogens (tertiary/aromatic N) is 2. The molecule has 9 heteroatoms. The number of aryl methyl sites for hydroxylation is 1. The predicted octanol–water partition coefficient (Wildman–Crippen LogP) is 3.96. The zero-order valence-corrected chi connectivity index (χ0v) is 18.7. The number of thiophene rings is 1. The summed E-state index contributed by atoms with van der Waals surface area (Å²) < 4.78 is 28.4. The molecular formula is C20H21N3O3S3. The van der Waals surface area contributed by atoms with Gasteiger partial charge in [0, 0.05) is 30.1 Å². The summed E-state index contributed by atoms with van der Waals surface area (Å²) in [5, 5.41) is 2.90. The van der Waals surface area contributed by atoms with Crippen LogP contribution in [0, 0.1) is 6.92 Å². The van der Waals surface area contributed by atoms with Crippen molar-refractivity contribution in [2.75, 3.05) is 4.90 Å². The quantitative estimate of drug-likeness (QED) is 0.642. The third-order valence-electron chi connectivity index (χ3n) is 4.96. The molecule has 3 aromatic rings. The highest BCUT2D eigenvalue weighted by Crippen LogP contribution is 2.34. The minimum absolute atomic E-state index is 0.0314. The molecule has 6 nitrogen and oxygen atoms in total. The summed E-state index contributed by atoms with van der Waals surface area (Å²) in [6.45, 7) is 5.58. The van der Waals surface area contributed by atoms with E-state index in [2.05, 4.69) is 9.71 Å². The van der Waals surface area contributed by atoms with Crippen molar-refractivity contribution >= 4 is 44.3 Å². The lowest BCUT2D eigenvalue weighted by atomic mass is 10.1. The third-order valence-corrected chi connectivity index (χ3v) is 8.56. The van der Waals surface area contributed by atoms with Gasteiger partial charge in [0.05, 0.1) is 15.5 Å². The maximum Gasteiger partial charge on any atom is 0.240 e. The number of aromatic nitrogens is 1. The molecule has 1 atom stereocenters. The second kappa shape index (κ2) is 7.64. The van der Waals surface area contributed by atoms with Gasteiger partial charge in [-0.05, 0) is 55.5 Å². The monoisotopic (exact) mass is 447 g/mol. The van der Waals surface area contributed by atoms with Crippen molar-refractivity contribution in [3.05, 3.63) is 51.8 Å². The normalized spacial score (nSPS) is 16.2. The van der Waals surface area contributed by atoms with E-state index in [1.165, 1.54) is 18.3 Å². The molecule has 1 aromatic carbocycles. The van der Waals surface area contributed by atoms with Crippen LogP contribution in [-0.2, 0) is 27.8 Å². The molecule has 29 heavy (non-hydrogen) atoms. The number of benzene rings is 1. The number of nitrogens with one attached hydrogen (secondary N) is 1. The van der Waals surface area contributed by atoms with Crippen LogP contribution in [0.2, 0.25) is 0 Å².